The Labute approximate surface area is 185 Å². The van der Waals surface area contributed by atoms with Crippen molar-refractivity contribution in [3.8, 4) is 11.5 Å². The van der Waals surface area contributed by atoms with E-state index < -0.39 is 17.8 Å². The molecule has 0 aliphatic rings. The van der Waals surface area contributed by atoms with Gasteiger partial charge in [0.25, 0.3) is 5.91 Å². The molecule has 0 saturated heterocycles. The van der Waals surface area contributed by atoms with Gasteiger partial charge in [-0.1, -0.05) is 33.6 Å². The number of hydrogen-bond acceptors (Lipinski definition) is 5. The van der Waals surface area contributed by atoms with E-state index in [9.17, 15) is 14.4 Å². The van der Waals surface area contributed by atoms with Gasteiger partial charge in [-0.15, -0.1) is 0 Å². The number of carbonyl (C=O) groups is 3. The Morgan fingerprint density at radius 2 is 1.59 bits per heavy atom. The summed E-state index contributed by atoms with van der Waals surface area (Å²) in [4.78, 5) is 35.4. The molecule has 0 aliphatic carbocycles. The first-order valence-electron chi connectivity index (χ1n) is 8.68. The molecule has 7 nitrogen and oxygen atoms in total. The number of nitrogens with one attached hydrogen (secondary N) is 2. The van der Waals surface area contributed by atoms with Gasteiger partial charge in [0.1, 0.15) is 11.5 Å². The molecule has 0 radical (unpaired) electrons. The summed E-state index contributed by atoms with van der Waals surface area (Å²) in [6.45, 7) is 3.49. The van der Waals surface area contributed by atoms with Crippen LogP contribution in [0.25, 0.3) is 0 Å². The second kappa shape index (κ2) is 11.0. The molecular formula is C20H20Br2N2O5. The van der Waals surface area contributed by atoms with Crippen molar-refractivity contribution in [2.45, 2.75) is 26.7 Å². The van der Waals surface area contributed by atoms with E-state index in [1.54, 1.807) is 18.2 Å². The van der Waals surface area contributed by atoms with Crippen LogP contribution < -0.4 is 20.3 Å². The summed E-state index contributed by atoms with van der Waals surface area (Å²) in [5, 5.41) is 0. The number of hydrazine groups is 1. The third-order valence-corrected chi connectivity index (χ3v) is 4.74. The minimum atomic E-state index is -0.533. The van der Waals surface area contributed by atoms with Crippen LogP contribution in [0.4, 0.5) is 0 Å². The van der Waals surface area contributed by atoms with Crippen molar-refractivity contribution in [1.29, 1.82) is 0 Å². The normalized spacial score (nSPS) is 10.2. The van der Waals surface area contributed by atoms with Gasteiger partial charge in [0, 0.05) is 10.9 Å². The monoisotopic (exact) mass is 526 g/mol. The summed E-state index contributed by atoms with van der Waals surface area (Å²) in [7, 11) is 0. The molecule has 0 aliphatic heterocycles. The molecule has 29 heavy (non-hydrogen) atoms. The van der Waals surface area contributed by atoms with Crippen LogP contribution >= 0.6 is 31.9 Å². The van der Waals surface area contributed by atoms with Gasteiger partial charge in [-0.3, -0.25) is 25.2 Å². The lowest BCUT2D eigenvalue weighted by Gasteiger charge is -2.12. The van der Waals surface area contributed by atoms with E-state index in [1.165, 1.54) is 0 Å². The van der Waals surface area contributed by atoms with Crippen LogP contribution in [0, 0.1) is 13.8 Å². The highest BCUT2D eigenvalue weighted by molar-refractivity contribution is 9.11. The predicted molar refractivity (Wildman–Crippen MR) is 114 cm³/mol. The van der Waals surface area contributed by atoms with Crippen LogP contribution in [0.15, 0.2) is 45.3 Å². The summed E-state index contributed by atoms with van der Waals surface area (Å²) < 4.78 is 12.2. The van der Waals surface area contributed by atoms with Crippen LogP contribution in [-0.2, 0) is 14.4 Å². The highest BCUT2D eigenvalue weighted by Gasteiger charge is 2.12. The van der Waals surface area contributed by atoms with Crippen molar-refractivity contribution in [2.24, 2.45) is 0 Å². The van der Waals surface area contributed by atoms with Crippen molar-refractivity contribution >= 4 is 49.6 Å². The molecule has 0 aromatic heterocycles. The Bertz CT molecular complexity index is 877. The maximum absolute atomic E-state index is 11.9. The number of ether oxygens (including phenoxy) is 2. The zero-order valence-electron chi connectivity index (χ0n) is 15.9. The Balaban J connectivity index is 1.68. The zero-order chi connectivity index (χ0) is 21.4. The molecule has 0 heterocycles. The Kier molecular flexibility index (Phi) is 8.66. The second-order valence-corrected chi connectivity index (χ2v) is 7.98. The first-order valence-corrected chi connectivity index (χ1v) is 10.3. The third kappa shape index (κ3) is 7.86. The van der Waals surface area contributed by atoms with Crippen molar-refractivity contribution in [2.75, 3.05) is 6.61 Å². The number of hydrogen-bond donors (Lipinski definition) is 2. The molecule has 2 amide bonds. The van der Waals surface area contributed by atoms with E-state index in [-0.39, 0.29) is 19.4 Å². The van der Waals surface area contributed by atoms with Crippen LogP contribution in [0.5, 0.6) is 11.5 Å². The number of aryl methyl sites for hydroxylation is 2. The van der Waals surface area contributed by atoms with Crippen molar-refractivity contribution in [3.05, 3.63) is 56.5 Å². The standard InChI is InChI=1S/C20H20Br2N2O5/c1-12-3-5-15(6-4-12)29-19(27)8-7-17(25)23-24-18(26)11-28-20-13(2)9-14(21)10-16(20)22/h3-6,9-10H,7-8,11H2,1-2H3,(H,23,25)(H,24,26). The number of esters is 1. The van der Waals surface area contributed by atoms with E-state index >= 15 is 0 Å². The van der Waals surface area contributed by atoms with Gasteiger partial charge in [-0.25, -0.2) is 0 Å². The SMILES string of the molecule is Cc1ccc(OC(=O)CCC(=O)NNC(=O)COc2c(C)cc(Br)cc2Br)cc1. The van der Waals surface area contributed by atoms with Gasteiger partial charge in [-0.05, 0) is 59.6 Å². The molecule has 2 N–H and O–H groups in total. The van der Waals surface area contributed by atoms with Crippen LogP contribution in [-0.4, -0.2) is 24.4 Å². The predicted octanol–water partition coefficient (Wildman–Crippen LogP) is 3.74. The summed E-state index contributed by atoms with van der Waals surface area (Å²) in [5.74, 6) is -0.626. The molecule has 9 heteroatoms. The number of amides is 2. The van der Waals surface area contributed by atoms with Crippen molar-refractivity contribution < 1.29 is 23.9 Å². The first kappa shape index (κ1) is 22.9. The molecule has 0 saturated carbocycles. The molecule has 2 aromatic carbocycles. The minimum absolute atomic E-state index is 0.114. The quantitative estimate of drug-likeness (QED) is 0.325. The number of carbonyl (C=O) groups excluding carboxylic acids is 3. The second-order valence-electron chi connectivity index (χ2n) is 6.21. The van der Waals surface area contributed by atoms with Crippen LogP contribution in [0.2, 0.25) is 0 Å². The fourth-order valence-electron chi connectivity index (χ4n) is 2.25. The molecular weight excluding hydrogens is 508 g/mol. The summed E-state index contributed by atoms with van der Waals surface area (Å²) >= 11 is 6.74. The van der Waals surface area contributed by atoms with Gasteiger partial charge >= 0.3 is 5.97 Å². The molecule has 0 unspecified atom stereocenters. The molecule has 154 valence electrons. The topological polar surface area (TPSA) is 93.7 Å². The first-order chi connectivity index (χ1) is 13.7. The van der Waals surface area contributed by atoms with Gasteiger partial charge in [-0.2, -0.15) is 0 Å². The Morgan fingerprint density at radius 1 is 0.931 bits per heavy atom. The van der Waals surface area contributed by atoms with Crippen LogP contribution in [0.3, 0.4) is 0 Å². The molecule has 0 spiro atoms. The lowest BCUT2D eigenvalue weighted by atomic mass is 10.2. The maximum atomic E-state index is 11.9. The van der Waals surface area contributed by atoms with Crippen molar-refractivity contribution in [3.63, 3.8) is 0 Å². The Morgan fingerprint density at radius 3 is 2.24 bits per heavy atom. The molecule has 2 rings (SSSR count). The fraction of sp³-hybridized carbons (Fsp3) is 0.250. The fourth-order valence-corrected chi connectivity index (χ4v) is 3.81. The molecule has 2 aromatic rings. The van der Waals surface area contributed by atoms with Gasteiger partial charge in [0.05, 0.1) is 10.9 Å². The highest BCUT2D eigenvalue weighted by atomic mass is 79.9. The van der Waals surface area contributed by atoms with E-state index in [0.29, 0.717) is 16.0 Å². The van der Waals surface area contributed by atoms with E-state index in [0.717, 1.165) is 15.6 Å². The molecule has 0 fully saturated rings. The van der Waals surface area contributed by atoms with Gasteiger partial charge < -0.3 is 9.47 Å². The average Bonchev–Trinajstić information content (AvgIpc) is 2.65. The number of benzene rings is 2. The minimum Gasteiger partial charge on any atom is -0.482 e. The largest absolute Gasteiger partial charge is 0.482 e. The lowest BCUT2D eigenvalue weighted by molar-refractivity contribution is -0.137. The third-order valence-electron chi connectivity index (χ3n) is 3.69. The molecule has 0 atom stereocenters. The zero-order valence-corrected chi connectivity index (χ0v) is 19.1. The lowest BCUT2D eigenvalue weighted by Crippen LogP contribution is -2.44. The number of rotatable bonds is 7. The van der Waals surface area contributed by atoms with E-state index in [4.69, 9.17) is 9.47 Å². The summed E-state index contributed by atoms with van der Waals surface area (Å²) in [5.41, 5.74) is 6.37. The number of halogens is 2. The van der Waals surface area contributed by atoms with E-state index in [1.807, 2.05) is 32.0 Å². The van der Waals surface area contributed by atoms with Gasteiger partial charge in [0.15, 0.2) is 6.61 Å². The average molecular weight is 528 g/mol. The summed E-state index contributed by atoms with van der Waals surface area (Å²) in [6, 6.07) is 10.7. The Hall–Kier alpha value is -2.39. The van der Waals surface area contributed by atoms with Gasteiger partial charge in [0.2, 0.25) is 5.91 Å². The maximum Gasteiger partial charge on any atom is 0.311 e. The molecule has 0 bridgehead atoms. The highest BCUT2D eigenvalue weighted by Crippen LogP contribution is 2.32. The smallest absolute Gasteiger partial charge is 0.311 e. The van der Waals surface area contributed by atoms with Crippen LogP contribution in [0.1, 0.15) is 24.0 Å². The van der Waals surface area contributed by atoms with Crippen molar-refractivity contribution in [1.82, 2.24) is 10.9 Å². The van der Waals surface area contributed by atoms with E-state index in [2.05, 4.69) is 42.7 Å². The summed E-state index contributed by atoms with van der Waals surface area (Å²) in [6.07, 6.45) is -0.236.